The summed E-state index contributed by atoms with van der Waals surface area (Å²) >= 11 is 0. The molecule has 1 atom stereocenters. The highest BCUT2D eigenvalue weighted by atomic mass is 16.5. The van der Waals surface area contributed by atoms with Crippen LogP contribution in [-0.2, 0) is 11.3 Å². The zero-order valence-corrected chi connectivity index (χ0v) is 16.1. The van der Waals surface area contributed by atoms with Crippen molar-refractivity contribution in [3.63, 3.8) is 0 Å². The second kappa shape index (κ2) is 7.91. The fourth-order valence-electron chi connectivity index (χ4n) is 3.46. The third kappa shape index (κ3) is 3.90. The number of benzene rings is 1. The molecule has 26 heavy (non-hydrogen) atoms. The minimum Gasteiger partial charge on any atom is -0.383 e. The van der Waals surface area contributed by atoms with Crippen LogP contribution in [0.4, 0.5) is 10.5 Å². The fourth-order valence-corrected chi connectivity index (χ4v) is 3.46. The largest absolute Gasteiger partial charge is 0.383 e. The van der Waals surface area contributed by atoms with Gasteiger partial charge in [-0.05, 0) is 50.5 Å². The maximum Gasteiger partial charge on any atom is 0.321 e. The van der Waals surface area contributed by atoms with Gasteiger partial charge in [-0.25, -0.2) is 9.78 Å². The molecule has 6 nitrogen and oxygen atoms in total. The van der Waals surface area contributed by atoms with E-state index >= 15 is 0 Å². The van der Waals surface area contributed by atoms with Crippen molar-refractivity contribution in [3.8, 4) is 0 Å². The lowest BCUT2D eigenvalue weighted by molar-refractivity contribution is 0.185. The summed E-state index contributed by atoms with van der Waals surface area (Å²) in [7, 11) is 1.71. The first-order valence-corrected chi connectivity index (χ1v) is 9.13. The Hall–Kier alpha value is -2.34. The van der Waals surface area contributed by atoms with Crippen LogP contribution in [0, 0.1) is 20.8 Å². The molecule has 1 saturated heterocycles. The van der Waals surface area contributed by atoms with Gasteiger partial charge >= 0.3 is 6.03 Å². The first-order chi connectivity index (χ1) is 12.5. The number of ether oxygens (including phenoxy) is 1. The summed E-state index contributed by atoms with van der Waals surface area (Å²) in [6.07, 6.45) is 2.84. The van der Waals surface area contributed by atoms with Gasteiger partial charge in [0.05, 0.1) is 6.61 Å². The lowest BCUT2D eigenvalue weighted by Crippen LogP contribution is -2.33. The van der Waals surface area contributed by atoms with Crippen LogP contribution >= 0.6 is 0 Å². The number of nitrogens with zero attached hydrogens (tertiary/aromatic N) is 3. The molecular weight excluding hydrogens is 328 g/mol. The minimum atomic E-state index is -0.0394. The highest BCUT2D eigenvalue weighted by Crippen LogP contribution is 2.27. The van der Waals surface area contributed by atoms with Crippen molar-refractivity contribution in [2.45, 2.75) is 39.7 Å². The molecule has 3 rings (SSSR count). The van der Waals surface area contributed by atoms with Gasteiger partial charge in [0.1, 0.15) is 5.82 Å². The molecule has 1 aromatic carbocycles. The van der Waals surface area contributed by atoms with Gasteiger partial charge < -0.3 is 19.5 Å². The number of imidazole rings is 1. The fraction of sp³-hybridized carbons (Fsp3) is 0.500. The molecule has 0 aliphatic carbocycles. The van der Waals surface area contributed by atoms with Crippen LogP contribution in [0.1, 0.15) is 35.0 Å². The average Bonchev–Trinajstić information content (AvgIpc) is 3.23. The molecule has 1 aliphatic heterocycles. The number of nitrogens with one attached hydrogen (secondary N) is 1. The van der Waals surface area contributed by atoms with E-state index in [0.717, 1.165) is 36.7 Å². The zero-order chi connectivity index (χ0) is 18.7. The number of hydrogen-bond acceptors (Lipinski definition) is 3. The number of carbonyl (C=O) groups excluding carboxylic acids is 1. The van der Waals surface area contributed by atoms with Crippen molar-refractivity contribution >= 4 is 11.7 Å². The first kappa shape index (κ1) is 18.5. The Bertz CT molecular complexity index is 784. The average molecular weight is 356 g/mol. The normalized spacial score (nSPS) is 16.9. The van der Waals surface area contributed by atoms with Crippen molar-refractivity contribution in [1.29, 1.82) is 0 Å². The molecule has 0 spiro atoms. The van der Waals surface area contributed by atoms with Gasteiger partial charge in [0.2, 0.25) is 0 Å². The number of carbonyl (C=O) groups is 1. The number of amides is 2. The minimum absolute atomic E-state index is 0.0394. The molecule has 2 heterocycles. The monoisotopic (exact) mass is 356 g/mol. The smallest absolute Gasteiger partial charge is 0.321 e. The van der Waals surface area contributed by atoms with Crippen LogP contribution in [0.5, 0.6) is 0 Å². The van der Waals surface area contributed by atoms with Crippen LogP contribution in [0.15, 0.2) is 24.4 Å². The van der Waals surface area contributed by atoms with Gasteiger partial charge in [-0.1, -0.05) is 6.07 Å². The highest BCUT2D eigenvalue weighted by Gasteiger charge is 2.30. The Morgan fingerprint density at radius 2 is 2.12 bits per heavy atom. The molecule has 0 radical (unpaired) electrons. The number of aryl methyl sites for hydroxylation is 3. The summed E-state index contributed by atoms with van der Waals surface area (Å²) < 4.78 is 7.42. The van der Waals surface area contributed by atoms with Crippen molar-refractivity contribution in [1.82, 2.24) is 14.5 Å². The molecular formula is C20H28N4O2. The molecule has 2 aromatic rings. The van der Waals surface area contributed by atoms with Crippen LogP contribution < -0.4 is 5.32 Å². The molecule has 0 saturated carbocycles. The predicted molar refractivity (Wildman–Crippen MR) is 103 cm³/mol. The van der Waals surface area contributed by atoms with E-state index in [1.54, 1.807) is 7.11 Å². The second-order valence-corrected chi connectivity index (χ2v) is 7.06. The number of urea groups is 1. The third-order valence-electron chi connectivity index (χ3n) is 5.20. The number of methoxy groups -OCH3 is 1. The Morgan fingerprint density at radius 3 is 2.85 bits per heavy atom. The Labute approximate surface area is 155 Å². The molecule has 1 fully saturated rings. The Balaban J connectivity index is 1.65. The third-order valence-corrected chi connectivity index (χ3v) is 5.20. The zero-order valence-electron chi connectivity index (χ0n) is 16.1. The second-order valence-electron chi connectivity index (χ2n) is 7.06. The summed E-state index contributed by atoms with van der Waals surface area (Å²) in [5.74, 6) is 1.33. The summed E-state index contributed by atoms with van der Waals surface area (Å²) in [5.41, 5.74) is 4.38. The SMILES string of the molecule is COCCn1c(C)cnc1C1CCN(C(=O)Nc2ccc(C)c(C)c2)C1. The molecule has 1 aromatic heterocycles. The molecule has 1 aliphatic rings. The van der Waals surface area contributed by atoms with E-state index < -0.39 is 0 Å². The van der Waals surface area contributed by atoms with E-state index in [1.807, 2.05) is 29.3 Å². The maximum absolute atomic E-state index is 12.6. The van der Waals surface area contributed by atoms with E-state index in [9.17, 15) is 4.79 Å². The van der Waals surface area contributed by atoms with Crippen molar-refractivity contribution in [2.24, 2.45) is 0 Å². The molecule has 6 heteroatoms. The van der Waals surface area contributed by atoms with E-state index in [-0.39, 0.29) is 11.9 Å². The van der Waals surface area contributed by atoms with E-state index in [2.05, 4.69) is 35.6 Å². The van der Waals surface area contributed by atoms with Crippen LogP contribution in [0.25, 0.3) is 0 Å². The van der Waals surface area contributed by atoms with Gasteiger partial charge in [-0.15, -0.1) is 0 Å². The summed E-state index contributed by atoms with van der Waals surface area (Å²) in [4.78, 5) is 19.1. The maximum atomic E-state index is 12.6. The quantitative estimate of drug-likeness (QED) is 0.892. The standard InChI is InChI=1S/C20H28N4O2/c1-14-5-6-18(11-15(14)2)22-20(25)23-8-7-17(13-23)19-21-12-16(3)24(19)9-10-26-4/h5-6,11-12,17H,7-10,13H2,1-4H3,(H,22,25). The summed E-state index contributed by atoms with van der Waals surface area (Å²) in [6.45, 7) is 9.08. The Morgan fingerprint density at radius 1 is 1.31 bits per heavy atom. The molecule has 1 unspecified atom stereocenters. The Kier molecular flexibility index (Phi) is 5.61. The van der Waals surface area contributed by atoms with Crippen LogP contribution in [0.3, 0.4) is 0 Å². The number of likely N-dealkylation sites (tertiary alicyclic amines) is 1. The predicted octanol–water partition coefficient (Wildman–Crippen LogP) is 3.48. The number of anilines is 1. The topological polar surface area (TPSA) is 59.4 Å². The van der Waals surface area contributed by atoms with Crippen molar-refractivity contribution < 1.29 is 9.53 Å². The molecule has 2 amide bonds. The van der Waals surface area contributed by atoms with Gasteiger partial charge in [0.25, 0.3) is 0 Å². The number of hydrogen-bond donors (Lipinski definition) is 1. The summed E-state index contributed by atoms with van der Waals surface area (Å²) in [5, 5.41) is 3.02. The van der Waals surface area contributed by atoms with E-state index in [4.69, 9.17) is 4.74 Å². The van der Waals surface area contributed by atoms with Gasteiger partial charge in [-0.3, -0.25) is 0 Å². The molecule has 0 bridgehead atoms. The molecule has 1 N–H and O–H groups in total. The van der Waals surface area contributed by atoms with Gasteiger partial charge in [0.15, 0.2) is 0 Å². The number of aromatic nitrogens is 2. The van der Waals surface area contributed by atoms with E-state index in [0.29, 0.717) is 13.2 Å². The van der Waals surface area contributed by atoms with Crippen molar-refractivity contribution in [2.75, 3.05) is 32.1 Å². The highest BCUT2D eigenvalue weighted by molar-refractivity contribution is 5.89. The van der Waals surface area contributed by atoms with Crippen LogP contribution in [0.2, 0.25) is 0 Å². The summed E-state index contributed by atoms with van der Waals surface area (Å²) in [6, 6.07) is 5.96. The van der Waals surface area contributed by atoms with E-state index in [1.165, 1.54) is 11.1 Å². The van der Waals surface area contributed by atoms with Crippen molar-refractivity contribution in [3.05, 3.63) is 47.0 Å². The first-order valence-electron chi connectivity index (χ1n) is 9.13. The lowest BCUT2D eigenvalue weighted by Gasteiger charge is -2.18. The van der Waals surface area contributed by atoms with Gasteiger partial charge in [0, 0.05) is 50.2 Å². The van der Waals surface area contributed by atoms with Gasteiger partial charge in [-0.2, -0.15) is 0 Å². The molecule has 140 valence electrons. The van der Waals surface area contributed by atoms with Crippen LogP contribution in [-0.4, -0.2) is 47.3 Å². The lowest BCUT2D eigenvalue weighted by atomic mass is 10.1. The number of rotatable bonds is 5.